The lowest BCUT2D eigenvalue weighted by Crippen LogP contribution is -2.41. The van der Waals surface area contributed by atoms with Gasteiger partial charge in [-0.25, -0.2) is 8.42 Å². The van der Waals surface area contributed by atoms with Gasteiger partial charge in [0.15, 0.2) is 9.84 Å². The molecule has 0 bridgehead atoms. The van der Waals surface area contributed by atoms with Crippen LogP contribution >= 0.6 is 0 Å². The molecule has 2 N–H and O–H groups in total. The summed E-state index contributed by atoms with van der Waals surface area (Å²) in [5.74, 6) is -1.08. The fourth-order valence-electron chi connectivity index (χ4n) is 3.76. The summed E-state index contributed by atoms with van der Waals surface area (Å²) in [6.07, 6.45) is 4.46. The van der Waals surface area contributed by atoms with Gasteiger partial charge < -0.3 is 10.6 Å². The lowest BCUT2D eigenvalue weighted by molar-refractivity contribution is -0.113. The molecule has 2 aromatic rings. The van der Waals surface area contributed by atoms with Gasteiger partial charge in [0, 0.05) is 17.3 Å². The predicted octanol–water partition coefficient (Wildman–Crippen LogP) is 3.55. The summed E-state index contributed by atoms with van der Waals surface area (Å²) < 4.78 is 24.8. The first-order chi connectivity index (χ1) is 14.3. The van der Waals surface area contributed by atoms with Gasteiger partial charge in [0.2, 0.25) is 5.91 Å². The molecule has 1 aliphatic rings. The van der Waals surface area contributed by atoms with Crippen molar-refractivity contribution in [1.29, 1.82) is 0 Å². The van der Waals surface area contributed by atoms with Gasteiger partial charge in [-0.3, -0.25) is 9.59 Å². The number of hydrogen-bond donors (Lipinski definition) is 2. The lowest BCUT2D eigenvalue weighted by Gasteiger charge is -2.29. The third-order valence-electron chi connectivity index (χ3n) is 5.44. The number of hydrogen-bond acceptors (Lipinski definition) is 4. The number of amides is 2. The van der Waals surface area contributed by atoms with Gasteiger partial charge >= 0.3 is 0 Å². The van der Waals surface area contributed by atoms with Crippen molar-refractivity contribution in [1.82, 2.24) is 5.32 Å². The van der Waals surface area contributed by atoms with E-state index in [1.54, 1.807) is 48.5 Å². The fourth-order valence-corrected chi connectivity index (χ4v) is 5.03. The summed E-state index contributed by atoms with van der Waals surface area (Å²) in [6, 6.07) is 15.5. The molecule has 1 aliphatic carbocycles. The summed E-state index contributed by atoms with van der Waals surface area (Å²) >= 11 is 0. The Morgan fingerprint density at radius 2 is 1.63 bits per heavy atom. The van der Waals surface area contributed by atoms with Crippen LogP contribution < -0.4 is 10.6 Å². The van der Waals surface area contributed by atoms with Gasteiger partial charge in [0.25, 0.3) is 5.91 Å². The largest absolute Gasteiger partial charge is 0.349 e. The molecule has 1 fully saturated rings. The zero-order chi connectivity index (χ0) is 21.6. The van der Waals surface area contributed by atoms with Gasteiger partial charge in [0.1, 0.15) is 5.75 Å². The number of benzene rings is 2. The molecule has 0 heterocycles. The standard InChI is InChI=1S/C23H28N2O4S/c1-17-7-5-6-10-21(17)25-23(27)19-13-11-18(12-14-19)15-30(28,29)16-22(26)24-20-8-3-2-4-9-20/h2-4,8-9,11-14,17,21H,5-7,10,15-16H2,1H3,(H,24,26)(H,25,27). The van der Waals surface area contributed by atoms with Crippen LogP contribution in [0.15, 0.2) is 54.6 Å². The van der Waals surface area contributed by atoms with Gasteiger partial charge in [-0.1, -0.05) is 50.1 Å². The molecular formula is C23H28N2O4S. The average molecular weight is 429 g/mol. The van der Waals surface area contributed by atoms with E-state index in [1.807, 2.05) is 6.07 Å². The molecule has 0 spiro atoms. The van der Waals surface area contributed by atoms with Crippen molar-refractivity contribution in [2.45, 2.75) is 44.4 Å². The summed E-state index contributed by atoms with van der Waals surface area (Å²) in [7, 11) is -3.63. The van der Waals surface area contributed by atoms with Crippen LogP contribution in [-0.2, 0) is 20.4 Å². The minimum Gasteiger partial charge on any atom is -0.349 e. The number of para-hydroxylation sites is 1. The van der Waals surface area contributed by atoms with Crippen LogP contribution in [0.5, 0.6) is 0 Å². The first kappa shape index (κ1) is 22.0. The normalized spacial score (nSPS) is 19.1. The highest BCUT2D eigenvalue weighted by molar-refractivity contribution is 7.91. The van der Waals surface area contributed by atoms with Crippen LogP contribution in [-0.4, -0.2) is 32.0 Å². The number of rotatable bonds is 7. The lowest BCUT2D eigenvalue weighted by atomic mass is 9.86. The first-order valence-corrected chi connectivity index (χ1v) is 12.1. The maximum Gasteiger partial charge on any atom is 0.251 e. The second kappa shape index (κ2) is 9.89. The van der Waals surface area contributed by atoms with Gasteiger partial charge in [-0.15, -0.1) is 0 Å². The monoisotopic (exact) mass is 428 g/mol. The molecule has 2 aromatic carbocycles. The van der Waals surface area contributed by atoms with Crippen molar-refractivity contribution in [2.75, 3.05) is 11.1 Å². The van der Waals surface area contributed by atoms with Crippen molar-refractivity contribution in [3.63, 3.8) is 0 Å². The third-order valence-corrected chi connectivity index (χ3v) is 6.91. The highest BCUT2D eigenvalue weighted by atomic mass is 32.2. The van der Waals surface area contributed by atoms with Crippen molar-refractivity contribution >= 4 is 27.3 Å². The molecule has 0 aromatic heterocycles. The number of carbonyl (C=O) groups excluding carboxylic acids is 2. The van der Waals surface area contributed by atoms with E-state index < -0.39 is 21.5 Å². The SMILES string of the molecule is CC1CCCCC1NC(=O)c1ccc(CS(=O)(=O)CC(=O)Nc2ccccc2)cc1. The van der Waals surface area contributed by atoms with E-state index in [1.165, 1.54) is 6.42 Å². The molecule has 2 unspecified atom stereocenters. The van der Waals surface area contributed by atoms with Crippen molar-refractivity contribution < 1.29 is 18.0 Å². The second-order valence-corrected chi connectivity index (χ2v) is 10.0. The number of nitrogens with one attached hydrogen (secondary N) is 2. The molecule has 0 radical (unpaired) electrons. The summed E-state index contributed by atoms with van der Waals surface area (Å²) in [6.45, 7) is 2.16. The first-order valence-electron chi connectivity index (χ1n) is 10.3. The predicted molar refractivity (Wildman–Crippen MR) is 118 cm³/mol. The molecule has 30 heavy (non-hydrogen) atoms. The van der Waals surface area contributed by atoms with E-state index in [-0.39, 0.29) is 17.7 Å². The molecular weight excluding hydrogens is 400 g/mol. The molecule has 6 nitrogen and oxygen atoms in total. The summed E-state index contributed by atoms with van der Waals surface area (Å²) in [5, 5.41) is 5.67. The highest BCUT2D eigenvalue weighted by Gasteiger charge is 2.23. The number of sulfone groups is 1. The molecule has 0 saturated heterocycles. The quantitative estimate of drug-likeness (QED) is 0.705. The van der Waals surface area contributed by atoms with Crippen LogP contribution in [0.25, 0.3) is 0 Å². The second-order valence-electron chi connectivity index (χ2n) is 7.99. The van der Waals surface area contributed by atoms with Crippen molar-refractivity contribution in [2.24, 2.45) is 5.92 Å². The molecule has 160 valence electrons. The minimum absolute atomic E-state index is 0.134. The Hall–Kier alpha value is -2.67. The molecule has 2 atom stereocenters. The van der Waals surface area contributed by atoms with Crippen LogP contribution in [0.3, 0.4) is 0 Å². The van der Waals surface area contributed by atoms with E-state index in [4.69, 9.17) is 0 Å². The third kappa shape index (κ3) is 6.42. The average Bonchev–Trinajstić information content (AvgIpc) is 2.70. The van der Waals surface area contributed by atoms with E-state index in [2.05, 4.69) is 17.6 Å². The smallest absolute Gasteiger partial charge is 0.251 e. The Balaban J connectivity index is 1.55. The van der Waals surface area contributed by atoms with E-state index >= 15 is 0 Å². The number of carbonyl (C=O) groups is 2. The van der Waals surface area contributed by atoms with Crippen LogP contribution in [0.4, 0.5) is 5.69 Å². The zero-order valence-electron chi connectivity index (χ0n) is 17.1. The Morgan fingerprint density at radius 3 is 2.30 bits per heavy atom. The van der Waals surface area contributed by atoms with Crippen LogP contribution in [0.2, 0.25) is 0 Å². The Morgan fingerprint density at radius 1 is 0.967 bits per heavy atom. The Labute approximate surface area is 178 Å². The molecule has 2 amide bonds. The number of anilines is 1. The minimum atomic E-state index is -3.63. The van der Waals surface area contributed by atoms with Crippen molar-refractivity contribution in [3.8, 4) is 0 Å². The van der Waals surface area contributed by atoms with Crippen LogP contribution in [0, 0.1) is 5.92 Å². The summed E-state index contributed by atoms with van der Waals surface area (Å²) in [4.78, 5) is 24.5. The molecule has 3 rings (SSSR count). The van der Waals surface area contributed by atoms with Gasteiger partial charge in [0.05, 0.1) is 5.75 Å². The van der Waals surface area contributed by atoms with Crippen LogP contribution in [0.1, 0.15) is 48.5 Å². The van der Waals surface area contributed by atoms with Gasteiger partial charge in [-0.2, -0.15) is 0 Å². The van der Waals surface area contributed by atoms with E-state index in [9.17, 15) is 18.0 Å². The maximum absolute atomic E-state index is 12.5. The fraction of sp³-hybridized carbons (Fsp3) is 0.391. The Bertz CT molecular complexity index is 972. The van der Waals surface area contributed by atoms with Gasteiger partial charge in [-0.05, 0) is 48.6 Å². The van der Waals surface area contributed by atoms with E-state index in [0.29, 0.717) is 22.7 Å². The van der Waals surface area contributed by atoms with Crippen molar-refractivity contribution in [3.05, 3.63) is 65.7 Å². The maximum atomic E-state index is 12.5. The topological polar surface area (TPSA) is 92.3 Å². The summed E-state index contributed by atoms with van der Waals surface area (Å²) in [5.41, 5.74) is 1.61. The molecule has 7 heteroatoms. The van der Waals surface area contributed by atoms with E-state index in [0.717, 1.165) is 19.3 Å². The molecule has 1 saturated carbocycles. The zero-order valence-corrected chi connectivity index (χ0v) is 18.0. The molecule has 0 aliphatic heterocycles. The highest BCUT2D eigenvalue weighted by Crippen LogP contribution is 2.24. The Kier molecular flexibility index (Phi) is 7.26.